The molecule has 0 unspecified atom stereocenters. The average Bonchev–Trinajstić information content (AvgIpc) is 3.30. The first kappa shape index (κ1) is 20.3. The zero-order chi connectivity index (χ0) is 21.9. The maximum atomic E-state index is 6.54. The van der Waals surface area contributed by atoms with Gasteiger partial charge < -0.3 is 23.7 Å². The molecule has 2 aliphatic rings. The Bertz CT molecular complexity index is 1100. The minimum atomic E-state index is -0.0608. The molecule has 164 valence electrons. The summed E-state index contributed by atoms with van der Waals surface area (Å²) in [5.74, 6) is 4.39. The van der Waals surface area contributed by atoms with Gasteiger partial charge in [-0.3, -0.25) is 0 Å². The third-order valence-electron chi connectivity index (χ3n) is 6.03. The molecule has 0 saturated heterocycles. The van der Waals surface area contributed by atoms with Gasteiger partial charge in [0.1, 0.15) is 23.4 Å². The lowest BCUT2D eigenvalue weighted by Gasteiger charge is -2.34. The van der Waals surface area contributed by atoms with Crippen molar-refractivity contribution in [1.29, 1.82) is 0 Å². The van der Waals surface area contributed by atoms with E-state index >= 15 is 0 Å². The van der Waals surface area contributed by atoms with Crippen molar-refractivity contribution in [3.63, 3.8) is 0 Å². The fourth-order valence-electron chi connectivity index (χ4n) is 4.29. The number of ether oxygens (including phenoxy) is 5. The number of fused-ring (bicyclic) bond motifs is 2. The summed E-state index contributed by atoms with van der Waals surface area (Å²) in [5.41, 5.74) is 3.44. The average molecular weight is 431 g/mol. The highest BCUT2D eigenvalue weighted by Crippen LogP contribution is 2.46. The molecule has 0 bridgehead atoms. The first-order chi connectivity index (χ1) is 15.7. The molecule has 2 heterocycles. The van der Waals surface area contributed by atoms with Crippen molar-refractivity contribution in [3.8, 4) is 28.7 Å². The van der Waals surface area contributed by atoms with Crippen molar-refractivity contribution in [2.75, 3.05) is 21.0 Å². The highest BCUT2D eigenvalue weighted by Gasteiger charge is 2.32. The van der Waals surface area contributed by atoms with Gasteiger partial charge in [0, 0.05) is 12.0 Å². The van der Waals surface area contributed by atoms with E-state index in [-0.39, 0.29) is 18.8 Å². The van der Waals surface area contributed by atoms with E-state index in [1.54, 1.807) is 14.2 Å². The second-order valence-electron chi connectivity index (χ2n) is 8.00. The predicted octanol–water partition coefficient (Wildman–Crippen LogP) is 5.83. The van der Waals surface area contributed by atoms with Crippen LogP contribution in [0, 0.1) is 5.92 Å². The Morgan fingerprint density at radius 3 is 2.19 bits per heavy atom. The molecule has 0 saturated carbocycles. The van der Waals surface area contributed by atoms with Gasteiger partial charge in [-0.05, 0) is 59.9 Å². The van der Waals surface area contributed by atoms with E-state index in [1.807, 2.05) is 30.3 Å². The van der Waals surface area contributed by atoms with Crippen LogP contribution in [0.4, 0.5) is 0 Å². The molecular weight excluding hydrogens is 404 g/mol. The summed E-state index contributed by atoms with van der Waals surface area (Å²) >= 11 is 0. The maximum Gasteiger partial charge on any atom is 0.231 e. The molecule has 2 aliphatic heterocycles. The Labute approximate surface area is 188 Å². The van der Waals surface area contributed by atoms with Gasteiger partial charge in [-0.2, -0.15) is 0 Å². The standard InChI is InChI=1S/C27H26O5/c1-28-22-10-6-18(7-11-22)4-3-5-20-14-21-15-25-26(31-17-30-25)16-24(21)32-27(20)19-8-12-23(29-2)13-9-19/h3-4,6-13,15-16,20,27H,5,14,17H2,1-2H3/b4-3+/t20-,27-/m1/s1. The van der Waals surface area contributed by atoms with Gasteiger partial charge in [0.05, 0.1) is 14.2 Å². The van der Waals surface area contributed by atoms with Crippen molar-refractivity contribution in [2.24, 2.45) is 5.92 Å². The Kier molecular flexibility index (Phi) is 5.63. The van der Waals surface area contributed by atoms with Gasteiger partial charge in [0.15, 0.2) is 11.5 Å². The summed E-state index contributed by atoms with van der Waals surface area (Å²) in [4.78, 5) is 0. The van der Waals surface area contributed by atoms with Crippen LogP contribution in [0.5, 0.6) is 28.7 Å². The molecule has 3 aromatic rings. The van der Waals surface area contributed by atoms with Crippen LogP contribution in [0.2, 0.25) is 0 Å². The Hall–Kier alpha value is -3.60. The first-order valence-electron chi connectivity index (χ1n) is 10.8. The predicted molar refractivity (Wildman–Crippen MR) is 123 cm³/mol. The molecule has 0 fully saturated rings. The summed E-state index contributed by atoms with van der Waals surface area (Å²) in [6, 6.07) is 20.2. The first-order valence-corrected chi connectivity index (χ1v) is 10.8. The molecule has 0 aromatic heterocycles. The zero-order valence-corrected chi connectivity index (χ0v) is 18.2. The largest absolute Gasteiger partial charge is 0.497 e. The highest BCUT2D eigenvalue weighted by molar-refractivity contribution is 5.54. The third kappa shape index (κ3) is 4.11. The third-order valence-corrected chi connectivity index (χ3v) is 6.03. The molecule has 0 N–H and O–H groups in total. The normalized spacial score (nSPS) is 18.8. The van der Waals surface area contributed by atoms with Crippen LogP contribution in [0.1, 0.15) is 29.2 Å². The molecule has 5 rings (SSSR count). The van der Waals surface area contributed by atoms with Crippen LogP contribution in [-0.4, -0.2) is 21.0 Å². The molecule has 0 aliphatic carbocycles. The molecule has 2 atom stereocenters. The molecule has 5 nitrogen and oxygen atoms in total. The van der Waals surface area contributed by atoms with Crippen molar-refractivity contribution < 1.29 is 23.7 Å². The van der Waals surface area contributed by atoms with Gasteiger partial charge in [-0.15, -0.1) is 0 Å². The second-order valence-corrected chi connectivity index (χ2v) is 8.00. The molecule has 3 aromatic carbocycles. The Balaban J connectivity index is 1.40. The van der Waals surface area contributed by atoms with E-state index < -0.39 is 0 Å². The van der Waals surface area contributed by atoms with Gasteiger partial charge in [-0.25, -0.2) is 0 Å². The number of methoxy groups -OCH3 is 2. The van der Waals surface area contributed by atoms with Gasteiger partial charge in [0.25, 0.3) is 0 Å². The van der Waals surface area contributed by atoms with E-state index in [2.05, 4.69) is 42.5 Å². The molecule has 0 amide bonds. The number of rotatable bonds is 6. The summed E-state index contributed by atoms with van der Waals surface area (Å²) in [6.45, 7) is 0.258. The lowest BCUT2D eigenvalue weighted by molar-refractivity contribution is 0.114. The van der Waals surface area contributed by atoms with Crippen molar-refractivity contribution in [1.82, 2.24) is 0 Å². The van der Waals surface area contributed by atoms with Crippen LogP contribution >= 0.6 is 0 Å². The van der Waals surface area contributed by atoms with Gasteiger partial charge in [0.2, 0.25) is 6.79 Å². The van der Waals surface area contributed by atoms with Crippen LogP contribution < -0.4 is 23.7 Å². The zero-order valence-electron chi connectivity index (χ0n) is 18.2. The highest BCUT2D eigenvalue weighted by atomic mass is 16.7. The summed E-state index contributed by atoms with van der Waals surface area (Å²) < 4.78 is 28.2. The maximum absolute atomic E-state index is 6.54. The fourth-order valence-corrected chi connectivity index (χ4v) is 4.29. The monoisotopic (exact) mass is 430 g/mol. The smallest absolute Gasteiger partial charge is 0.231 e. The van der Waals surface area contributed by atoms with Crippen LogP contribution in [0.3, 0.4) is 0 Å². The number of hydrogen-bond acceptors (Lipinski definition) is 5. The van der Waals surface area contributed by atoms with E-state index in [4.69, 9.17) is 23.7 Å². The Morgan fingerprint density at radius 1 is 0.844 bits per heavy atom. The summed E-state index contributed by atoms with van der Waals surface area (Å²) in [5, 5.41) is 0. The molecule has 32 heavy (non-hydrogen) atoms. The molecule has 0 spiro atoms. The van der Waals surface area contributed by atoms with Gasteiger partial charge >= 0.3 is 0 Å². The molecular formula is C27H26O5. The summed E-state index contributed by atoms with van der Waals surface area (Å²) in [6.07, 6.45) is 6.10. The van der Waals surface area contributed by atoms with Crippen molar-refractivity contribution in [3.05, 3.63) is 83.4 Å². The SMILES string of the molecule is COc1ccc(/C=C/C[C@@H]2Cc3cc4c(cc3O[C@@H]2c2ccc(OC)cc2)OCO4)cc1. The topological polar surface area (TPSA) is 46.2 Å². The lowest BCUT2D eigenvalue weighted by atomic mass is 9.84. The van der Waals surface area contributed by atoms with Gasteiger partial charge in [-0.1, -0.05) is 36.4 Å². The number of allylic oxidation sites excluding steroid dienone is 1. The number of hydrogen-bond donors (Lipinski definition) is 0. The van der Waals surface area contributed by atoms with Crippen LogP contribution in [0.25, 0.3) is 6.08 Å². The van der Waals surface area contributed by atoms with E-state index in [9.17, 15) is 0 Å². The number of benzene rings is 3. The molecule has 0 radical (unpaired) electrons. The van der Waals surface area contributed by atoms with Crippen LogP contribution in [-0.2, 0) is 6.42 Å². The van der Waals surface area contributed by atoms with Crippen molar-refractivity contribution >= 4 is 6.08 Å². The summed E-state index contributed by atoms with van der Waals surface area (Å²) in [7, 11) is 3.36. The minimum Gasteiger partial charge on any atom is -0.497 e. The lowest BCUT2D eigenvalue weighted by Crippen LogP contribution is -2.25. The Morgan fingerprint density at radius 2 is 1.50 bits per heavy atom. The van der Waals surface area contributed by atoms with E-state index in [1.165, 1.54) is 0 Å². The quantitative estimate of drug-likeness (QED) is 0.492. The molecule has 5 heteroatoms. The van der Waals surface area contributed by atoms with Crippen LogP contribution in [0.15, 0.2) is 66.7 Å². The fraction of sp³-hybridized carbons (Fsp3) is 0.259. The van der Waals surface area contributed by atoms with Crippen molar-refractivity contribution in [2.45, 2.75) is 18.9 Å². The minimum absolute atomic E-state index is 0.0608. The second kappa shape index (κ2) is 8.87. The van der Waals surface area contributed by atoms with E-state index in [0.717, 1.165) is 58.3 Å². The van der Waals surface area contributed by atoms with E-state index in [0.29, 0.717) is 0 Å².